The molecule has 0 radical (unpaired) electrons. The molecular formula is C16H15N7O. The van der Waals surface area contributed by atoms with Crippen LogP contribution in [0.3, 0.4) is 0 Å². The quantitative estimate of drug-likeness (QED) is 0.603. The van der Waals surface area contributed by atoms with Crippen molar-refractivity contribution < 1.29 is 4.79 Å². The molecule has 4 aromatic rings. The number of imidazole rings is 1. The Balaban J connectivity index is 1.45. The Labute approximate surface area is 137 Å². The number of aromatic nitrogens is 5. The van der Waals surface area contributed by atoms with E-state index in [1.54, 1.807) is 23.0 Å². The lowest BCUT2D eigenvalue weighted by molar-refractivity contribution is 0.251. The van der Waals surface area contributed by atoms with Gasteiger partial charge in [-0.2, -0.15) is 14.7 Å². The summed E-state index contributed by atoms with van der Waals surface area (Å²) in [6.45, 7) is 0.414. The Hall–Kier alpha value is -3.42. The van der Waals surface area contributed by atoms with Gasteiger partial charge in [-0.15, -0.1) is 0 Å². The predicted molar refractivity (Wildman–Crippen MR) is 89.6 cm³/mol. The van der Waals surface area contributed by atoms with Crippen LogP contribution in [0.2, 0.25) is 0 Å². The molecule has 8 heteroatoms. The largest absolute Gasteiger partial charge is 0.334 e. The molecule has 4 rings (SSSR count). The highest BCUT2D eigenvalue weighted by Gasteiger charge is 2.08. The molecule has 0 spiro atoms. The third kappa shape index (κ3) is 2.54. The minimum atomic E-state index is -0.312. The van der Waals surface area contributed by atoms with Gasteiger partial charge in [0.25, 0.3) is 0 Å². The Kier molecular flexibility index (Phi) is 3.34. The molecule has 3 aromatic heterocycles. The monoisotopic (exact) mass is 321 g/mol. The van der Waals surface area contributed by atoms with E-state index < -0.39 is 0 Å². The molecule has 8 nitrogen and oxygen atoms in total. The number of hydrogen-bond acceptors (Lipinski definition) is 4. The van der Waals surface area contributed by atoms with Gasteiger partial charge in [0.15, 0.2) is 11.5 Å². The molecule has 24 heavy (non-hydrogen) atoms. The zero-order valence-corrected chi connectivity index (χ0v) is 13.0. The van der Waals surface area contributed by atoms with Crippen LogP contribution in [0.5, 0.6) is 0 Å². The van der Waals surface area contributed by atoms with Crippen LogP contribution in [0.15, 0.2) is 48.9 Å². The van der Waals surface area contributed by atoms with E-state index in [0.29, 0.717) is 18.0 Å². The molecule has 0 aliphatic rings. The lowest BCUT2D eigenvalue weighted by atomic mass is 10.1. The number of carbonyl (C=O) groups excluding carboxylic acids is 1. The first-order valence-electron chi connectivity index (χ1n) is 7.45. The van der Waals surface area contributed by atoms with Crippen molar-refractivity contribution in [1.82, 2.24) is 29.7 Å². The minimum absolute atomic E-state index is 0.312. The van der Waals surface area contributed by atoms with E-state index in [2.05, 4.69) is 25.8 Å². The van der Waals surface area contributed by atoms with Gasteiger partial charge in [-0.1, -0.05) is 12.1 Å². The predicted octanol–water partition coefficient (Wildman–Crippen LogP) is 1.94. The van der Waals surface area contributed by atoms with E-state index in [0.717, 1.165) is 16.5 Å². The maximum atomic E-state index is 12.1. The number of nitrogens with one attached hydrogen (secondary N) is 2. The second kappa shape index (κ2) is 5.65. The fourth-order valence-electron chi connectivity index (χ4n) is 2.56. The van der Waals surface area contributed by atoms with E-state index >= 15 is 0 Å². The fourth-order valence-corrected chi connectivity index (χ4v) is 2.56. The Morgan fingerprint density at radius 2 is 2.12 bits per heavy atom. The second-order valence-electron chi connectivity index (χ2n) is 5.41. The molecule has 2 amide bonds. The van der Waals surface area contributed by atoms with Gasteiger partial charge >= 0.3 is 6.03 Å². The van der Waals surface area contributed by atoms with Gasteiger partial charge in [0.1, 0.15) is 0 Å². The highest BCUT2D eigenvalue weighted by molar-refractivity contribution is 5.88. The molecular weight excluding hydrogens is 306 g/mol. The topological polar surface area (TPSA) is 89.1 Å². The number of urea groups is 1. The summed E-state index contributed by atoms with van der Waals surface area (Å²) >= 11 is 0. The van der Waals surface area contributed by atoms with Crippen molar-refractivity contribution in [2.75, 3.05) is 5.32 Å². The van der Waals surface area contributed by atoms with Gasteiger partial charge in [0.05, 0.1) is 17.9 Å². The molecule has 0 atom stereocenters. The van der Waals surface area contributed by atoms with Gasteiger partial charge < -0.3 is 5.32 Å². The highest BCUT2D eigenvalue weighted by atomic mass is 16.2. The molecule has 120 valence electrons. The van der Waals surface area contributed by atoms with E-state index in [1.165, 1.54) is 0 Å². The van der Waals surface area contributed by atoms with Crippen molar-refractivity contribution >= 4 is 28.4 Å². The number of benzene rings is 1. The summed E-state index contributed by atoms with van der Waals surface area (Å²) in [5.74, 6) is 0.519. The summed E-state index contributed by atoms with van der Waals surface area (Å²) < 4.78 is 3.38. The van der Waals surface area contributed by atoms with Gasteiger partial charge in [0.2, 0.25) is 0 Å². The number of hydrogen-bond donors (Lipinski definition) is 2. The van der Waals surface area contributed by atoms with Crippen molar-refractivity contribution in [3.05, 3.63) is 54.5 Å². The van der Waals surface area contributed by atoms with Crippen LogP contribution in [0.4, 0.5) is 10.6 Å². The second-order valence-corrected chi connectivity index (χ2v) is 5.41. The van der Waals surface area contributed by atoms with Gasteiger partial charge in [0, 0.05) is 25.2 Å². The molecule has 0 aliphatic carbocycles. The molecule has 1 aromatic carbocycles. The molecule has 0 saturated carbocycles. The average molecular weight is 321 g/mol. The lowest BCUT2D eigenvalue weighted by Crippen LogP contribution is -2.28. The van der Waals surface area contributed by atoms with Crippen LogP contribution < -0.4 is 10.6 Å². The van der Waals surface area contributed by atoms with Gasteiger partial charge in [-0.05, 0) is 23.8 Å². The van der Waals surface area contributed by atoms with E-state index in [-0.39, 0.29) is 6.03 Å². The van der Waals surface area contributed by atoms with Crippen molar-refractivity contribution in [3.63, 3.8) is 0 Å². The maximum Gasteiger partial charge on any atom is 0.320 e. The van der Waals surface area contributed by atoms with Crippen molar-refractivity contribution in [3.8, 4) is 0 Å². The molecule has 0 bridgehead atoms. The first-order valence-corrected chi connectivity index (χ1v) is 7.45. The van der Waals surface area contributed by atoms with Crippen LogP contribution in [-0.2, 0) is 13.6 Å². The number of fused-ring (bicyclic) bond motifs is 2. The number of amides is 2. The van der Waals surface area contributed by atoms with Crippen LogP contribution in [0, 0.1) is 0 Å². The summed E-state index contributed by atoms with van der Waals surface area (Å²) in [6.07, 6.45) is 5.03. The maximum absolute atomic E-state index is 12.1. The van der Waals surface area contributed by atoms with E-state index in [4.69, 9.17) is 0 Å². The zero-order valence-electron chi connectivity index (χ0n) is 13.0. The summed E-state index contributed by atoms with van der Waals surface area (Å²) in [5.41, 5.74) is 2.70. The fraction of sp³-hybridized carbons (Fsp3) is 0.125. The van der Waals surface area contributed by atoms with E-state index in [9.17, 15) is 4.79 Å². The van der Waals surface area contributed by atoms with Gasteiger partial charge in [-0.25, -0.2) is 9.78 Å². The Bertz CT molecular complexity index is 1030. The SMILES string of the molecule is Cn1ncc2ccc(CNC(=O)Nc3cnc4cccnn34)cc21. The average Bonchev–Trinajstić information content (AvgIpc) is 3.17. The standard InChI is InChI=1S/C16H15N7O/c1-22-13-7-11(4-5-12(13)9-20-22)8-18-16(24)21-15-10-17-14-3-2-6-19-23(14)15/h2-7,9-10H,8H2,1H3,(H2,18,21,24). The Morgan fingerprint density at radius 1 is 1.21 bits per heavy atom. The summed E-state index contributed by atoms with van der Waals surface area (Å²) in [5, 5.41) is 15.0. The summed E-state index contributed by atoms with van der Waals surface area (Å²) in [6, 6.07) is 9.27. The van der Waals surface area contributed by atoms with E-state index in [1.807, 2.05) is 42.2 Å². The van der Waals surface area contributed by atoms with Crippen molar-refractivity contribution in [2.24, 2.45) is 7.05 Å². The van der Waals surface area contributed by atoms with Crippen molar-refractivity contribution in [1.29, 1.82) is 0 Å². The minimum Gasteiger partial charge on any atom is -0.334 e. The van der Waals surface area contributed by atoms with Crippen LogP contribution in [-0.4, -0.2) is 30.4 Å². The molecule has 0 aliphatic heterocycles. The van der Waals surface area contributed by atoms with Crippen LogP contribution >= 0.6 is 0 Å². The number of anilines is 1. The zero-order chi connectivity index (χ0) is 16.5. The summed E-state index contributed by atoms with van der Waals surface area (Å²) in [4.78, 5) is 16.3. The first-order chi connectivity index (χ1) is 11.7. The number of aryl methyl sites for hydroxylation is 1. The van der Waals surface area contributed by atoms with Crippen molar-refractivity contribution in [2.45, 2.75) is 6.54 Å². The normalized spacial score (nSPS) is 11.0. The third-order valence-electron chi connectivity index (χ3n) is 3.79. The van der Waals surface area contributed by atoms with Crippen LogP contribution in [0.25, 0.3) is 16.6 Å². The Morgan fingerprint density at radius 3 is 3.04 bits per heavy atom. The first kappa shape index (κ1) is 14.2. The molecule has 0 fully saturated rings. The number of nitrogens with zero attached hydrogens (tertiary/aromatic N) is 5. The lowest BCUT2D eigenvalue weighted by Gasteiger charge is -2.07. The summed E-state index contributed by atoms with van der Waals surface area (Å²) in [7, 11) is 1.89. The molecule has 3 heterocycles. The highest BCUT2D eigenvalue weighted by Crippen LogP contribution is 2.15. The third-order valence-corrected chi connectivity index (χ3v) is 3.79. The smallest absolute Gasteiger partial charge is 0.320 e. The molecule has 0 unspecified atom stereocenters. The number of rotatable bonds is 3. The molecule has 0 saturated heterocycles. The van der Waals surface area contributed by atoms with Gasteiger partial charge in [-0.3, -0.25) is 10.00 Å². The van der Waals surface area contributed by atoms with Crippen LogP contribution in [0.1, 0.15) is 5.56 Å². The molecule has 2 N–H and O–H groups in total. The number of carbonyl (C=O) groups is 1.